The van der Waals surface area contributed by atoms with Gasteiger partial charge in [-0.1, -0.05) is 0 Å². The molecule has 1 heterocycles. The molecule has 0 saturated carbocycles. The van der Waals surface area contributed by atoms with Gasteiger partial charge in [-0.25, -0.2) is 0 Å². The number of likely N-dealkylation sites (tertiary alicyclic amines) is 1. The molecule has 0 radical (unpaired) electrons. The van der Waals surface area contributed by atoms with Crippen molar-refractivity contribution in [1.82, 2.24) is 10.2 Å². The Morgan fingerprint density at radius 1 is 1.75 bits per heavy atom. The molecule has 5 heteroatoms. The Hall–Kier alpha value is -0.320. The Kier molecular flexibility index (Phi) is 5.20. The number of rotatable bonds is 2. The lowest BCUT2D eigenvalue weighted by molar-refractivity contribution is -0.128. The minimum absolute atomic E-state index is 0. The Bertz CT molecular complexity index is 154. The van der Waals surface area contributed by atoms with Gasteiger partial charge in [-0.05, 0) is 13.5 Å². The highest BCUT2D eigenvalue weighted by Crippen LogP contribution is 2.07. The molecule has 72 valence electrons. The topological polar surface area (TPSA) is 58.4 Å². The quantitative estimate of drug-likeness (QED) is 0.603. The zero-order chi connectivity index (χ0) is 8.27. The average Bonchev–Trinajstić information content (AvgIpc) is 2.50. The van der Waals surface area contributed by atoms with E-state index in [0.29, 0.717) is 6.04 Å². The van der Waals surface area contributed by atoms with Crippen LogP contribution in [0.1, 0.15) is 6.42 Å². The third kappa shape index (κ3) is 2.62. The zero-order valence-corrected chi connectivity index (χ0v) is 8.06. The number of nitrogens with two attached hydrogens (primary N) is 1. The molecule has 0 aliphatic carbocycles. The SMILES string of the molecule is CN[C@@H]1CCN(C(=O)CN)C1.Cl. The number of likely N-dealkylation sites (N-methyl/N-ethyl adjacent to an activating group) is 1. The normalized spacial score (nSPS) is 22.2. The standard InChI is InChI=1S/C7H15N3O.ClH/c1-9-6-2-3-10(5-6)7(11)4-8;/h6,9H,2-5,8H2,1H3;1H/t6-;/m1./s1. The summed E-state index contributed by atoms with van der Waals surface area (Å²) in [5.74, 6) is 0.0581. The molecular weight excluding hydrogens is 178 g/mol. The molecular formula is C7H16ClN3O. The van der Waals surface area contributed by atoms with Gasteiger partial charge in [0.1, 0.15) is 0 Å². The molecule has 0 aromatic rings. The Morgan fingerprint density at radius 3 is 2.83 bits per heavy atom. The lowest BCUT2D eigenvalue weighted by atomic mass is 10.3. The van der Waals surface area contributed by atoms with Crippen molar-refractivity contribution in [3.63, 3.8) is 0 Å². The van der Waals surface area contributed by atoms with Crippen molar-refractivity contribution in [2.75, 3.05) is 26.7 Å². The van der Waals surface area contributed by atoms with Crippen molar-refractivity contribution in [2.24, 2.45) is 5.73 Å². The molecule has 3 N–H and O–H groups in total. The highest BCUT2D eigenvalue weighted by atomic mass is 35.5. The molecule has 1 saturated heterocycles. The van der Waals surface area contributed by atoms with Gasteiger partial charge >= 0.3 is 0 Å². The predicted octanol–water partition coefficient (Wildman–Crippen LogP) is -0.813. The first-order valence-corrected chi connectivity index (χ1v) is 3.93. The fraction of sp³-hybridized carbons (Fsp3) is 0.857. The van der Waals surface area contributed by atoms with Crippen molar-refractivity contribution < 1.29 is 4.79 Å². The highest BCUT2D eigenvalue weighted by Gasteiger charge is 2.23. The predicted molar refractivity (Wildman–Crippen MR) is 50.3 cm³/mol. The lowest BCUT2D eigenvalue weighted by Gasteiger charge is -2.14. The zero-order valence-electron chi connectivity index (χ0n) is 7.25. The van der Waals surface area contributed by atoms with E-state index in [0.717, 1.165) is 19.5 Å². The third-order valence-electron chi connectivity index (χ3n) is 2.12. The molecule has 1 aliphatic rings. The fourth-order valence-corrected chi connectivity index (χ4v) is 1.35. The summed E-state index contributed by atoms with van der Waals surface area (Å²) in [5.41, 5.74) is 5.23. The minimum atomic E-state index is 0. The monoisotopic (exact) mass is 193 g/mol. The van der Waals surface area contributed by atoms with Crippen LogP contribution in [0.15, 0.2) is 0 Å². The second kappa shape index (κ2) is 5.35. The van der Waals surface area contributed by atoms with Crippen molar-refractivity contribution in [3.05, 3.63) is 0 Å². The van der Waals surface area contributed by atoms with E-state index in [2.05, 4.69) is 5.32 Å². The van der Waals surface area contributed by atoms with Gasteiger partial charge < -0.3 is 16.0 Å². The Labute approximate surface area is 78.9 Å². The van der Waals surface area contributed by atoms with Gasteiger partial charge in [0.2, 0.25) is 5.91 Å². The molecule has 0 bridgehead atoms. The van der Waals surface area contributed by atoms with Gasteiger partial charge in [0.15, 0.2) is 0 Å². The van der Waals surface area contributed by atoms with Crippen LogP contribution in [-0.2, 0) is 4.79 Å². The summed E-state index contributed by atoms with van der Waals surface area (Å²) in [4.78, 5) is 12.9. The number of halogens is 1. The summed E-state index contributed by atoms with van der Waals surface area (Å²) >= 11 is 0. The van der Waals surface area contributed by atoms with E-state index in [4.69, 9.17) is 5.73 Å². The van der Waals surface area contributed by atoms with E-state index in [1.54, 1.807) is 4.90 Å². The van der Waals surface area contributed by atoms with Gasteiger partial charge in [-0.2, -0.15) is 0 Å². The third-order valence-corrected chi connectivity index (χ3v) is 2.12. The van der Waals surface area contributed by atoms with Gasteiger partial charge in [-0.3, -0.25) is 4.79 Å². The summed E-state index contributed by atoms with van der Waals surface area (Å²) in [6.45, 7) is 1.80. The van der Waals surface area contributed by atoms with Crippen LogP contribution in [-0.4, -0.2) is 43.5 Å². The second-order valence-electron chi connectivity index (χ2n) is 2.82. The lowest BCUT2D eigenvalue weighted by Crippen LogP contribution is -2.36. The second-order valence-corrected chi connectivity index (χ2v) is 2.82. The first-order chi connectivity index (χ1) is 5.27. The van der Waals surface area contributed by atoms with Crippen LogP contribution >= 0.6 is 12.4 Å². The Morgan fingerprint density at radius 2 is 2.42 bits per heavy atom. The largest absolute Gasteiger partial charge is 0.340 e. The van der Waals surface area contributed by atoms with E-state index in [1.807, 2.05) is 7.05 Å². The van der Waals surface area contributed by atoms with Gasteiger partial charge in [0, 0.05) is 19.1 Å². The number of hydrogen-bond donors (Lipinski definition) is 2. The van der Waals surface area contributed by atoms with E-state index in [1.165, 1.54) is 0 Å². The Balaban J connectivity index is 0.00000121. The number of carbonyl (C=O) groups is 1. The van der Waals surface area contributed by atoms with E-state index < -0.39 is 0 Å². The van der Waals surface area contributed by atoms with Crippen LogP contribution < -0.4 is 11.1 Å². The maximum Gasteiger partial charge on any atom is 0.236 e. The van der Waals surface area contributed by atoms with E-state index in [9.17, 15) is 4.79 Å². The summed E-state index contributed by atoms with van der Waals surface area (Å²) in [6.07, 6.45) is 1.04. The molecule has 1 aliphatic heterocycles. The summed E-state index contributed by atoms with van der Waals surface area (Å²) in [7, 11) is 1.92. The summed E-state index contributed by atoms with van der Waals surface area (Å²) in [5, 5.41) is 3.14. The van der Waals surface area contributed by atoms with Gasteiger partial charge in [-0.15, -0.1) is 12.4 Å². The molecule has 1 amide bonds. The van der Waals surface area contributed by atoms with Crippen LogP contribution in [0.3, 0.4) is 0 Å². The van der Waals surface area contributed by atoms with E-state index >= 15 is 0 Å². The van der Waals surface area contributed by atoms with Crippen molar-refractivity contribution in [2.45, 2.75) is 12.5 Å². The number of carbonyl (C=O) groups excluding carboxylic acids is 1. The van der Waals surface area contributed by atoms with Crippen LogP contribution in [0.2, 0.25) is 0 Å². The maximum atomic E-state index is 11.0. The highest BCUT2D eigenvalue weighted by molar-refractivity contribution is 5.85. The average molecular weight is 194 g/mol. The molecule has 12 heavy (non-hydrogen) atoms. The molecule has 0 aromatic carbocycles. The smallest absolute Gasteiger partial charge is 0.236 e. The van der Waals surface area contributed by atoms with Crippen molar-refractivity contribution in [3.8, 4) is 0 Å². The first kappa shape index (κ1) is 11.7. The van der Waals surface area contributed by atoms with Crippen molar-refractivity contribution in [1.29, 1.82) is 0 Å². The molecule has 0 unspecified atom stereocenters. The van der Waals surface area contributed by atoms with Crippen LogP contribution in [0.4, 0.5) is 0 Å². The van der Waals surface area contributed by atoms with Crippen molar-refractivity contribution >= 4 is 18.3 Å². The number of nitrogens with zero attached hydrogens (tertiary/aromatic N) is 1. The molecule has 1 atom stereocenters. The maximum absolute atomic E-state index is 11.0. The number of hydrogen-bond acceptors (Lipinski definition) is 3. The first-order valence-electron chi connectivity index (χ1n) is 3.93. The van der Waals surface area contributed by atoms with Crippen LogP contribution in [0.5, 0.6) is 0 Å². The van der Waals surface area contributed by atoms with E-state index in [-0.39, 0.29) is 24.9 Å². The molecule has 0 spiro atoms. The minimum Gasteiger partial charge on any atom is -0.340 e. The molecule has 1 fully saturated rings. The molecule has 1 rings (SSSR count). The fourth-order valence-electron chi connectivity index (χ4n) is 1.35. The summed E-state index contributed by atoms with van der Waals surface area (Å²) < 4.78 is 0. The summed E-state index contributed by atoms with van der Waals surface area (Å²) in [6, 6.07) is 0.463. The van der Waals surface area contributed by atoms with Crippen LogP contribution in [0, 0.1) is 0 Å². The molecule has 0 aromatic heterocycles. The van der Waals surface area contributed by atoms with Gasteiger partial charge in [0.25, 0.3) is 0 Å². The number of nitrogens with one attached hydrogen (secondary N) is 1. The number of amides is 1. The van der Waals surface area contributed by atoms with Crippen LogP contribution in [0.25, 0.3) is 0 Å². The molecule has 4 nitrogen and oxygen atoms in total. The van der Waals surface area contributed by atoms with Gasteiger partial charge in [0.05, 0.1) is 6.54 Å².